The molecule has 20 heavy (non-hydrogen) atoms. The highest BCUT2D eigenvalue weighted by Crippen LogP contribution is 2.16. The minimum absolute atomic E-state index is 0.0182. The van der Waals surface area contributed by atoms with Crippen LogP contribution in [0.15, 0.2) is 24.3 Å². The third-order valence-electron chi connectivity index (χ3n) is 2.63. The van der Waals surface area contributed by atoms with E-state index in [2.05, 4.69) is 10.6 Å². The van der Waals surface area contributed by atoms with Crippen LogP contribution in [0.25, 0.3) is 0 Å². The topological polar surface area (TPSA) is 67.4 Å². The molecule has 112 valence electrons. The number of ether oxygens (including phenoxy) is 1. The largest absolute Gasteiger partial charge is 0.497 e. The molecule has 0 unspecified atom stereocenters. The summed E-state index contributed by atoms with van der Waals surface area (Å²) in [5, 5.41) is 6.55. The van der Waals surface area contributed by atoms with Gasteiger partial charge in [-0.2, -0.15) is 0 Å². The number of hydrogen-bond acceptors (Lipinski definition) is 4. The van der Waals surface area contributed by atoms with Crippen LogP contribution >= 0.6 is 12.2 Å². The molecular formula is C13H20N2O3S2. The van der Waals surface area contributed by atoms with Crippen LogP contribution in [0.5, 0.6) is 5.75 Å². The van der Waals surface area contributed by atoms with Crippen LogP contribution in [0.2, 0.25) is 0 Å². The molecule has 2 N–H and O–H groups in total. The van der Waals surface area contributed by atoms with Gasteiger partial charge in [0.2, 0.25) is 0 Å². The molecule has 0 aliphatic heterocycles. The number of anilines is 1. The molecule has 7 heteroatoms. The molecule has 0 spiro atoms. The lowest BCUT2D eigenvalue weighted by Crippen LogP contribution is -2.36. The third kappa shape index (κ3) is 6.72. The second kappa shape index (κ2) is 7.44. The first kappa shape index (κ1) is 16.7. The monoisotopic (exact) mass is 316 g/mol. The highest BCUT2D eigenvalue weighted by Gasteiger charge is 2.09. The summed E-state index contributed by atoms with van der Waals surface area (Å²) in [7, 11) is -1.34. The van der Waals surface area contributed by atoms with Gasteiger partial charge in [-0.25, -0.2) is 8.42 Å². The molecule has 1 atom stereocenters. The van der Waals surface area contributed by atoms with Gasteiger partial charge in [-0.3, -0.25) is 0 Å². The number of thiocarbonyl (C=S) groups is 1. The van der Waals surface area contributed by atoms with Crippen LogP contribution < -0.4 is 15.4 Å². The fourth-order valence-electron chi connectivity index (χ4n) is 1.55. The molecule has 0 fully saturated rings. The quantitative estimate of drug-likeness (QED) is 0.780. The first-order valence-corrected chi connectivity index (χ1v) is 8.66. The Labute approximate surface area is 125 Å². The van der Waals surface area contributed by atoms with Crippen LogP contribution in [0.4, 0.5) is 5.69 Å². The van der Waals surface area contributed by atoms with Crippen molar-refractivity contribution in [3.05, 3.63) is 24.3 Å². The van der Waals surface area contributed by atoms with Crippen LogP contribution in [-0.2, 0) is 9.84 Å². The predicted molar refractivity (Wildman–Crippen MR) is 86.1 cm³/mol. The average molecular weight is 316 g/mol. The van der Waals surface area contributed by atoms with Crippen molar-refractivity contribution >= 4 is 32.9 Å². The number of hydrogen-bond donors (Lipinski definition) is 2. The predicted octanol–water partition coefficient (Wildman–Crippen LogP) is 1.80. The maximum absolute atomic E-state index is 11.1. The summed E-state index contributed by atoms with van der Waals surface area (Å²) in [6.07, 6.45) is 1.74. The van der Waals surface area contributed by atoms with Crippen molar-refractivity contribution in [3.63, 3.8) is 0 Å². The highest BCUT2D eigenvalue weighted by atomic mass is 32.2. The van der Waals surface area contributed by atoms with Crippen molar-refractivity contribution < 1.29 is 13.2 Å². The summed E-state index contributed by atoms with van der Waals surface area (Å²) in [6, 6.07) is 7.38. The van der Waals surface area contributed by atoms with E-state index in [9.17, 15) is 8.42 Å². The van der Waals surface area contributed by atoms with Crippen LogP contribution in [0.3, 0.4) is 0 Å². The van der Waals surface area contributed by atoms with Gasteiger partial charge < -0.3 is 15.4 Å². The molecule has 1 aromatic carbocycles. The zero-order valence-corrected chi connectivity index (χ0v) is 13.5. The van der Waals surface area contributed by atoms with E-state index in [-0.39, 0.29) is 11.8 Å². The second-order valence-electron chi connectivity index (χ2n) is 4.65. The summed E-state index contributed by atoms with van der Waals surface area (Å²) in [5.74, 6) is 0.881. The molecule has 0 saturated heterocycles. The Kier molecular flexibility index (Phi) is 6.22. The Balaban J connectivity index is 2.46. The molecule has 1 rings (SSSR count). The van der Waals surface area contributed by atoms with Gasteiger partial charge in [0.05, 0.1) is 12.9 Å². The van der Waals surface area contributed by atoms with Crippen molar-refractivity contribution in [1.29, 1.82) is 0 Å². The molecule has 0 radical (unpaired) electrons. The normalized spacial score (nSPS) is 12.6. The van der Waals surface area contributed by atoms with Gasteiger partial charge in [-0.1, -0.05) is 6.07 Å². The van der Waals surface area contributed by atoms with Gasteiger partial charge >= 0.3 is 0 Å². The van der Waals surface area contributed by atoms with E-state index in [1.165, 1.54) is 6.26 Å². The van der Waals surface area contributed by atoms with E-state index in [0.717, 1.165) is 11.4 Å². The van der Waals surface area contributed by atoms with Crippen molar-refractivity contribution in [2.75, 3.05) is 24.4 Å². The molecule has 0 aliphatic rings. The van der Waals surface area contributed by atoms with Crippen molar-refractivity contribution in [2.24, 2.45) is 0 Å². The van der Waals surface area contributed by atoms with Gasteiger partial charge in [-0.15, -0.1) is 0 Å². The number of nitrogens with one attached hydrogen (secondary N) is 2. The Morgan fingerprint density at radius 2 is 2.15 bits per heavy atom. The van der Waals surface area contributed by atoms with E-state index in [1.807, 2.05) is 31.2 Å². The minimum atomic E-state index is -2.94. The number of rotatable bonds is 6. The van der Waals surface area contributed by atoms with Crippen molar-refractivity contribution in [2.45, 2.75) is 19.4 Å². The lowest BCUT2D eigenvalue weighted by atomic mass is 10.2. The van der Waals surface area contributed by atoms with Gasteiger partial charge in [-0.05, 0) is 37.7 Å². The lowest BCUT2D eigenvalue weighted by molar-refractivity contribution is 0.415. The Hall–Kier alpha value is -1.34. The Bertz CT molecular complexity index is 558. The summed E-state index contributed by atoms with van der Waals surface area (Å²) in [5.41, 5.74) is 0.817. The van der Waals surface area contributed by atoms with Crippen LogP contribution in [-0.4, -0.2) is 38.7 Å². The fraction of sp³-hybridized carbons (Fsp3) is 0.462. The zero-order valence-electron chi connectivity index (χ0n) is 11.8. The van der Waals surface area contributed by atoms with E-state index in [1.54, 1.807) is 7.11 Å². The maximum atomic E-state index is 11.1. The number of methoxy groups -OCH3 is 1. The molecule has 0 aromatic heterocycles. The highest BCUT2D eigenvalue weighted by molar-refractivity contribution is 7.90. The summed E-state index contributed by atoms with van der Waals surface area (Å²) in [4.78, 5) is 0. The molecule has 0 saturated carbocycles. The zero-order chi connectivity index (χ0) is 15.2. The van der Waals surface area contributed by atoms with Crippen LogP contribution in [0.1, 0.15) is 13.3 Å². The van der Waals surface area contributed by atoms with Gasteiger partial charge in [0.15, 0.2) is 5.11 Å². The Morgan fingerprint density at radius 3 is 2.75 bits per heavy atom. The maximum Gasteiger partial charge on any atom is 0.170 e. The van der Waals surface area contributed by atoms with Gasteiger partial charge in [0, 0.05) is 24.1 Å². The molecule has 0 aliphatic carbocycles. The minimum Gasteiger partial charge on any atom is -0.497 e. The first-order valence-electron chi connectivity index (χ1n) is 6.19. The number of sulfone groups is 1. The summed E-state index contributed by atoms with van der Waals surface area (Å²) >= 11 is 5.19. The Morgan fingerprint density at radius 1 is 1.45 bits per heavy atom. The summed E-state index contributed by atoms with van der Waals surface area (Å²) in [6.45, 7) is 1.89. The molecule has 0 bridgehead atoms. The van der Waals surface area contributed by atoms with Crippen molar-refractivity contribution in [3.8, 4) is 5.75 Å². The van der Waals surface area contributed by atoms with Gasteiger partial charge in [0.1, 0.15) is 15.6 Å². The fourth-order valence-corrected chi connectivity index (χ4v) is 2.66. The lowest BCUT2D eigenvalue weighted by Gasteiger charge is -2.16. The molecule has 1 aromatic rings. The molecule has 5 nitrogen and oxygen atoms in total. The van der Waals surface area contributed by atoms with E-state index >= 15 is 0 Å². The van der Waals surface area contributed by atoms with E-state index in [4.69, 9.17) is 17.0 Å². The van der Waals surface area contributed by atoms with E-state index in [0.29, 0.717) is 11.5 Å². The third-order valence-corrected chi connectivity index (χ3v) is 3.82. The number of benzene rings is 1. The molecule has 0 heterocycles. The summed E-state index contributed by atoms with van der Waals surface area (Å²) < 4.78 is 27.3. The smallest absolute Gasteiger partial charge is 0.170 e. The molecular weight excluding hydrogens is 296 g/mol. The van der Waals surface area contributed by atoms with Crippen LogP contribution in [0, 0.1) is 0 Å². The second-order valence-corrected chi connectivity index (χ2v) is 7.32. The standard InChI is InChI=1S/C13H20N2O3S2/c1-10(7-8-20(3,16)17)14-13(19)15-11-5-4-6-12(9-11)18-2/h4-6,9-10H,7-8H2,1-3H3,(H2,14,15,19)/t10-/m0/s1. The average Bonchev–Trinajstić information content (AvgIpc) is 2.35. The SMILES string of the molecule is COc1cccc(NC(=S)N[C@@H](C)CCS(C)(=O)=O)c1. The van der Waals surface area contributed by atoms with Crippen molar-refractivity contribution in [1.82, 2.24) is 5.32 Å². The van der Waals surface area contributed by atoms with Gasteiger partial charge in [0.25, 0.3) is 0 Å². The van der Waals surface area contributed by atoms with E-state index < -0.39 is 9.84 Å². The first-order chi connectivity index (χ1) is 9.30. The molecule has 0 amide bonds.